The van der Waals surface area contributed by atoms with Crippen LogP contribution in [0, 0.1) is 5.82 Å². The lowest BCUT2D eigenvalue weighted by Gasteiger charge is -2.22. The minimum Gasteiger partial charge on any atom is -0.459 e. The number of halogens is 1. The van der Waals surface area contributed by atoms with Crippen molar-refractivity contribution in [3.8, 4) is 0 Å². The van der Waals surface area contributed by atoms with Crippen LogP contribution in [0.1, 0.15) is 32.3 Å². The highest BCUT2D eigenvalue weighted by Crippen LogP contribution is 2.32. The Kier molecular flexibility index (Phi) is 4.91. The van der Waals surface area contributed by atoms with Gasteiger partial charge in [0.1, 0.15) is 18.0 Å². The van der Waals surface area contributed by atoms with Crippen molar-refractivity contribution >= 4 is 23.3 Å². The molecule has 0 saturated heterocycles. The molecule has 1 N–H and O–H groups in total. The number of rotatable bonds is 4. The van der Waals surface area contributed by atoms with Crippen molar-refractivity contribution in [2.24, 2.45) is 0 Å². The Labute approximate surface area is 140 Å². The fourth-order valence-corrected chi connectivity index (χ4v) is 2.52. The van der Waals surface area contributed by atoms with Gasteiger partial charge in [-0.2, -0.15) is 0 Å². The first-order chi connectivity index (χ1) is 11.1. The van der Waals surface area contributed by atoms with Gasteiger partial charge in [-0.15, -0.1) is 0 Å². The molecule has 2 rings (SSSR count). The van der Waals surface area contributed by atoms with Gasteiger partial charge in [-0.25, -0.2) is 4.39 Å². The molecule has 1 aliphatic heterocycles. The van der Waals surface area contributed by atoms with Gasteiger partial charge in [0.25, 0.3) is 5.91 Å². The third-order valence-corrected chi connectivity index (χ3v) is 3.55. The number of nitrogens with one attached hydrogen (secondary N) is 1. The second-order valence-electron chi connectivity index (χ2n) is 6.78. The summed E-state index contributed by atoms with van der Waals surface area (Å²) in [4.78, 5) is 37.5. The first-order valence-corrected chi connectivity index (χ1v) is 7.63. The molecule has 24 heavy (non-hydrogen) atoms. The maximum atomic E-state index is 13.2. The fourth-order valence-electron chi connectivity index (χ4n) is 2.52. The number of nitrogens with zero attached hydrogens (tertiary/aromatic N) is 1. The molecule has 130 valence electrons. The van der Waals surface area contributed by atoms with Gasteiger partial charge >= 0.3 is 5.97 Å². The average Bonchev–Trinajstić information content (AvgIpc) is 2.86. The topological polar surface area (TPSA) is 75.7 Å². The van der Waals surface area contributed by atoms with E-state index in [2.05, 4.69) is 5.32 Å². The van der Waals surface area contributed by atoms with Crippen LogP contribution in [-0.2, 0) is 19.1 Å². The fraction of sp³-hybridized carbons (Fsp3) is 0.471. The molecule has 1 aliphatic rings. The summed E-state index contributed by atoms with van der Waals surface area (Å²) in [5.41, 5.74) is 0.431. The number of esters is 1. The molecule has 1 heterocycles. The summed E-state index contributed by atoms with van der Waals surface area (Å²) in [7, 11) is 1.37. The molecule has 0 radical (unpaired) electrons. The molecule has 0 saturated carbocycles. The molecule has 0 aliphatic carbocycles. The van der Waals surface area contributed by atoms with Gasteiger partial charge in [0, 0.05) is 19.3 Å². The van der Waals surface area contributed by atoms with Crippen molar-refractivity contribution in [3.63, 3.8) is 0 Å². The van der Waals surface area contributed by atoms with Crippen LogP contribution in [0.4, 0.5) is 10.1 Å². The van der Waals surface area contributed by atoms with Crippen LogP contribution in [0.25, 0.3) is 0 Å². The van der Waals surface area contributed by atoms with Crippen molar-refractivity contribution in [1.29, 1.82) is 0 Å². The number of amides is 1. The van der Waals surface area contributed by atoms with Crippen LogP contribution < -0.4 is 5.32 Å². The molecule has 7 heteroatoms. The molecule has 6 nitrogen and oxygen atoms in total. The van der Waals surface area contributed by atoms with Crippen molar-refractivity contribution < 1.29 is 23.5 Å². The van der Waals surface area contributed by atoms with E-state index >= 15 is 0 Å². The Morgan fingerprint density at radius 2 is 2.00 bits per heavy atom. The van der Waals surface area contributed by atoms with Gasteiger partial charge in [-0.05, 0) is 38.5 Å². The van der Waals surface area contributed by atoms with Crippen molar-refractivity contribution in [2.45, 2.75) is 32.3 Å². The predicted molar refractivity (Wildman–Crippen MR) is 86.1 cm³/mol. The number of carbonyl (C=O) groups is 3. The zero-order valence-electron chi connectivity index (χ0n) is 14.2. The molecule has 1 atom stereocenters. The van der Waals surface area contributed by atoms with E-state index in [0.29, 0.717) is 11.3 Å². The van der Waals surface area contributed by atoms with E-state index in [0.717, 1.165) is 4.90 Å². The number of ketones is 1. The third kappa shape index (κ3) is 4.10. The lowest BCUT2D eigenvalue weighted by Crippen LogP contribution is -2.41. The molecule has 0 spiro atoms. The molecular formula is C17H21FN2O4. The second-order valence-corrected chi connectivity index (χ2v) is 6.78. The lowest BCUT2D eigenvalue weighted by atomic mass is 9.96. The van der Waals surface area contributed by atoms with Crippen LogP contribution in [0.2, 0.25) is 0 Å². The largest absolute Gasteiger partial charge is 0.459 e. The van der Waals surface area contributed by atoms with E-state index in [1.54, 1.807) is 20.8 Å². The van der Waals surface area contributed by atoms with Gasteiger partial charge < -0.3 is 15.0 Å². The Balaban J connectivity index is 2.03. The first kappa shape index (κ1) is 17.9. The summed E-state index contributed by atoms with van der Waals surface area (Å²) in [6.07, 6.45) is 0. The smallest absolute Gasteiger partial charge is 0.326 e. The average molecular weight is 336 g/mol. The van der Waals surface area contributed by atoms with Gasteiger partial charge in [-0.3, -0.25) is 14.4 Å². The van der Waals surface area contributed by atoms with Gasteiger partial charge in [0.05, 0.1) is 5.92 Å². The predicted octanol–water partition coefficient (Wildman–Crippen LogP) is 1.70. The van der Waals surface area contributed by atoms with Crippen LogP contribution in [-0.4, -0.2) is 48.3 Å². The van der Waals surface area contributed by atoms with E-state index in [1.165, 1.54) is 25.2 Å². The molecule has 0 bridgehead atoms. The maximum Gasteiger partial charge on any atom is 0.326 e. The molecule has 1 amide bonds. The normalized spacial score (nSPS) is 16.1. The number of carbonyl (C=O) groups excluding carboxylic acids is 3. The van der Waals surface area contributed by atoms with E-state index in [1.807, 2.05) is 0 Å². The Morgan fingerprint density at radius 3 is 2.62 bits per heavy atom. The Morgan fingerprint density at radius 1 is 1.33 bits per heavy atom. The number of hydrogen-bond acceptors (Lipinski definition) is 5. The van der Waals surface area contributed by atoms with Crippen LogP contribution in [0.15, 0.2) is 18.2 Å². The highest BCUT2D eigenvalue weighted by molar-refractivity contribution is 6.38. The van der Waals surface area contributed by atoms with Crippen molar-refractivity contribution in [1.82, 2.24) is 4.90 Å². The highest BCUT2D eigenvalue weighted by Gasteiger charge is 2.35. The molecule has 0 aromatic heterocycles. The van der Waals surface area contributed by atoms with Crippen LogP contribution in [0.3, 0.4) is 0 Å². The minimum absolute atomic E-state index is 0.226. The number of fused-ring (bicyclic) bond motifs is 1. The van der Waals surface area contributed by atoms with E-state index in [9.17, 15) is 18.8 Å². The zero-order chi connectivity index (χ0) is 18.1. The van der Waals surface area contributed by atoms with E-state index < -0.39 is 35.0 Å². The SMILES string of the molecule is CN(CC(=O)OC(C)(C)C)C(=O)C(=O)C1CNc2cc(F)ccc21. The van der Waals surface area contributed by atoms with E-state index in [-0.39, 0.29) is 13.1 Å². The minimum atomic E-state index is -0.773. The van der Waals surface area contributed by atoms with Gasteiger partial charge in [0.2, 0.25) is 5.78 Å². The Hall–Kier alpha value is -2.44. The Bertz CT molecular complexity index is 682. The number of hydrogen-bond donors (Lipinski definition) is 1. The zero-order valence-corrected chi connectivity index (χ0v) is 14.2. The van der Waals surface area contributed by atoms with Crippen LogP contribution >= 0.6 is 0 Å². The molecule has 0 fully saturated rings. The van der Waals surface area contributed by atoms with E-state index in [4.69, 9.17) is 4.74 Å². The van der Waals surface area contributed by atoms with Crippen molar-refractivity contribution in [2.75, 3.05) is 25.5 Å². The summed E-state index contributed by atoms with van der Waals surface area (Å²) in [6.45, 7) is 5.08. The van der Waals surface area contributed by atoms with Crippen LogP contribution in [0.5, 0.6) is 0 Å². The first-order valence-electron chi connectivity index (χ1n) is 7.63. The second kappa shape index (κ2) is 6.59. The number of Topliss-reactive ketones (excluding diaryl/α,β-unsaturated/α-hetero) is 1. The number of likely N-dealkylation sites (N-methyl/N-ethyl adjacent to an activating group) is 1. The number of anilines is 1. The third-order valence-electron chi connectivity index (χ3n) is 3.55. The summed E-state index contributed by atoms with van der Waals surface area (Å²) < 4.78 is 18.3. The molecule has 1 aromatic rings. The number of benzene rings is 1. The highest BCUT2D eigenvalue weighted by atomic mass is 19.1. The molecular weight excluding hydrogens is 315 g/mol. The lowest BCUT2D eigenvalue weighted by molar-refractivity contribution is -0.159. The molecule has 1 unspecified atom stereocenters. The van der Waals surface area contributed by atoms with Crippen molar-refractivity contribution in [3.05, 3.63) is 29.6 Å². The van der Waals surface area contributed by atoms with Gasteiger partial charge in [0.15, 0.2) is 0 Å². The summed E-state index contributed by atoms with van der Waals surface area (Å²) >= 11 is 0. The summed E-state index contributed by atoms with van der Waals surface area (Å²) in [6, 6.07) is 4.03. The quantitative estimate of drug-likeness (QED) is 0.669. The van der Waals surface area contributed by atoms with Gasteiger partial charge in [-0.1, -0.05) is 6.07 Å². The maximum absolute atomic E-state index is 13.2. The monoisotopic (exact) mass is 336 g/mol. The summed E-state index contributed by atoms with van der Waals surface area (Å²) in [5.74, 6) is -3.10. The number of ether oxygens (including phenoxy) is 1. The summed E-state index contributed by atoms with van der Waals surface area (Å²) in [5, 5.41) is 2.91. The standard InChI is InChI=1S/C17H21FN2O4/c1-17(2,3)24-14(21)9-20(4)16(23)15(22)12-8-19-13-7-10(18)5-6-11(12)13/h5-7,12,19H,8-9H2,1-4H3. The molecule has 1 aromatic carbocycles.